The number of ether oxygens (including phenoxy) is 1. The fourth-order valence-corrected chi connectivity index (χ4v) is 3.34. The van der Waals surface area contributed by atoms with Gasteiger partial charge in [0, 0.05) is 32.9 Å². The molecule has 1 aromatic carbocycles. The third-order valence-electron chi connectivity index (χ3n) is 4.89. The highest BCUT2D eigenvalue weighted by Crippen LogP contribution is 2.26. The lowest BCUT2D eigenvalue weighted by atomic mass is 10.1. The Morgan fingerprint density at radius 3 is 2.55 bits per heavy atom. The largest absolute Gasteiger partial charge is 0.505 e. The molecule has 0 aliphatic carbocycles. The van der Waals surface area contributed by atoms with Gasteiger partial charge in [-0.25, -0.2) is 9.18 Å². The molecule has 33 heavy (non-hydrogen) atoms. The Hall–Kier alpha value is -3.99. The minimum absolute atomic E-state index is 0.0182. The molecule has 0 aliphatic rings. The second kappa shape index (κ2) is 10.6. The van der Waals surface area contributed by atoms with Gasteiger partial charge in [0.1, 0.15) is 16.9 Å². The van der Waals surface area contributed by atoms with E-state index in [4.69, 9.17) is 9.84 Å². The summed E-state index contributed by atoms with van der Waals surface area (Å²) in [6.45, 7) is 0.128. The van der Waals surface area contributed by atoms with Crippen LogP contribution < -0.4 is 16.2 Å². The van der Waals surface area contributed by atoms with Crippen LogP contribution in [0, 0.1) is 5.82 Å². The minimum Gasteiger partial charge on any atom is -0.505 e. The van der Waals surface area contributed by atoms with Crippen molar-refractivity contribution in [3.05, 3.63) is 69.4 Å². The van der Waals surface area contributed by atoms with E-state index in [-0.39, 0.29) is 43.1 Å². The molecule has 3 rings (SSSR count). The van der Waals surface area contributed by atoms with Gasteiger partial charge in [0.15, 0.2) is 5.75 Å². The van der Waals surface area contributed by atoms with Gasteiger partial charge in [-0.15, -0.1) is 0 Å². The molecule has 0 saturated carbocycles. The van der Waals surface area contributed by atoms with Gasteiger partial charge < -0.3 is 30.2 Å². The van der Waals surface area contributed by atoms with Crippen molar-refractivity contribution in [2.24, 2.45) is 0 Å². The molecule has 0 spiro atoms. The lowest BCUT2D eigenvalue weighted by Gasteiger charge is -2.15. The number of carbonyl (C=O) groups is 2. The standard InChI is InChI=1S/C22H23FN4O6/c1-33-9-7-24-20(29)17-19(28)18-16(27(21(17)30)8-6-25-22(31)32)11-14(12-26-18)10-13-2-4-15(23)5-3-13/h2-5,11-12,25,28H,6-10H2,1H3,(H,24,29)(H,31,32). The van der Waals surface area contributed by atoms with Crippen molar-refractivity contribution >= 4 is 23.0 Å². The van der Waals surface area contributed by atoms with Crippen molar-refractivity contribution < 1.29 is 28.9 Å². The second-order valence-corrected chi connectivity index (χ2v) is 7.18. The molecule has 3 aromatic rings. The molecular weight excluding hydrogens is 435 g/mol. The van der Waals surface area contributed by atoms with Crippen LogP contribution in [0.3, 0.4) is 0 Å². The van der Waals surface area contributed by atoms with Crippen molar-refractivity contribution in [3.8, 4) is 5.75 Å². The van der Waals surface area contributed by atoms with Crippen molar-refractivity contribution in [2.75, 3.05) is 26.8 Å². The number of fused-ring (bicyclic) bond motifs is 1. The van der Waals surface area contributed by atoms with Gasteiger partial charge in [-0.2, -0.15) is 0 Å². The zero-order valence-corrected chi connectivity index (χ0v) is 17.8. The van der Waals surface area contributed by atoms with E-state index in [0.717, 1.165) is 5.56 Å². The van der Waals surface area contributed by atoms with Gasteiger partial charge in [-0.05, 0) is 35.7 Å². The summed E-state index contributed by atoms with van der Waals surface area (Å²) in [5.41, 5.74) is 0.445. The molecule has 2 heterocycles. The fraction of sp³-hybridized carbons (Fsp3) is 0.273. The van der Waals surface area contributed by atoms with Gasteiger partial charge in [0.05, 0.1) is 12.1 Å². The highest BCUT2D eigenvalue weighted by atomic mass is 19.1. The van der Waals surface area contributed by atoms with Crippen LogP contribution in [0.2, 0.25) is 0 Å². The number of rotatable bonds is 9. The van der Waals surface area contributed by atoms with Crippen LogP contribution in [0.25, 0.3) is 11.0 Å². The van der Waals surface area contributed by atoms with Crippen LogP contribution in [0.4, 0.5) is 9.18 Å². The van der Waals surface area contributed by atoms with Gasteiger partial charge in [-0.3, -0.25) is 14.6 Å². The van der Waals surface area contributed by atoms with Crippen LogP contribution in [0.5, 0.6) is 5.75 Å². The molecule has 0 aliphatic heterocycles. The summed E-state index contributed by atoms with van der Waals surface area (Å²) in [5.74, 6) is -1.73. The summed E-state index contributed by atoms with van der Waals surface area (Å²) in [6, 6.07) is 7.53. The fourth-order valence-electron chi connectivity index (χ4n) is 3.34. The van der Waals surface area contributed by atoms with E-state index in [1.54, 1.807) is 18.2 Å². The predicted molar refractivity (Wildman–Crippen MR) is 117 cm³/mol. The van der Waals surface area contributed by atoms with Crippen LogP contribution in [-0.4, -0.2) is 58.6 Å². The molecule has 4 N–H and O–H groups in total. The van der Waals surface area contributed by atoms with Gasteiger partial charge in [0.25, 0.3) is 11.5 Å². The highest BCUT2D eigenvalue weighted by Gasteiger charge is 2.23. The maximum Gasteiger partial charge on any atom is 0.404 e. The van der Waals surface area contributed by atoms with Gasteiger partial charge in [-0.1, -0.05) is 12.1 Å². The summed E-state index contributed by atoms with van der Waals surface area (Å²) in [5, 5.41) is 24.2. The third-order valence-corrected chi connectivity index (χ3v) is 4.89. The molecular formula is C22H23FN4O6. The number of methoxy groups -OCH3 is 1. The number of carbonyl (C=O) groups excluding carboxylic acids is 1. The lowest BCUT2D eigenvalue weighted by molar-refractivity contribution is 0.0932. The molecule has 2 aromatic heterocycles. The Labute approximate surface area is 187 Å². The Kier molecular flexibility index (Phi) is 7.57. The molecule has 0 saturated heterocycles. The number of hydrogen-bond donors (Lipinski definition) is 4. The summed E-state index contributed by atoms with van der Waals surface area (Å²) >= 11 is 0. The van der Waals surface area contributed by atoms with E-state index in [9.17, 15) is 23.9 Å². The topological polar surface area (TPSA) is 143 Å². The van der Waals surface area contributed by atoms with E-state index in [1.165, 1.54) is 30.0 Å². The Morgan fingerprint density at radius 1 is 1.15 bits per heavy atom. The van der Waals surface area contributed by atoms with Crippen LogP contribution in [-0.2, 0) is 17.7 Å². The normalized spacial score (nSPS) is 10.8. The lowest BCUT2D eigenvalue weighted by Crippen LogP contribution is -2.36. The first kappa shape index (κ1) is 23.7. The van der Waals surface area contributed by atoms with E-state index in [2.05, 4.69) is 15.6 Å². The Balaban J connectivity index is 2.07. The number of aromatic nitrogens is 2. The average molecular weight is 458 g/mol. The molecule has 0 fully saturated rings. The van der Waals surface area contributed by atoms with Crippen LogP contribution in [0.15, 0.2) is 41.3 Å². The SMILES string of the molecule is COCCNC(=O)c1c(O)c2ncc(Cc3ccc(F)cc3)cc2n(CCNC(=O)O)c1=O. The maximum absolute atomic E-state index is 13.2. The zero-order chi connectivity index (χ0) is 24.0. The Morgan fingerprint density at radius 2 is 1.88 bits per heavy atom. The monoisotopic (exact) mass is 458 g/mol. The van der Waals surface area contributed by atoms with Crippen molar-refractivity contribution in [2.45, 2.75) is 13.0 Å². The number of amides is 2. The third kappa shape index (κ3) is 5.63. The second-order valence-electron chi connectivity index (χ2n) is 7.18. The highest BCUT2D eigenvalue weighted by molar-refractivity contribution is 6.01. The minimum atomic E-state index is -1.27. The van der Waals surface area contributed by atoms with Gasteiger partial charge in [0.2, 0.25) is 0 Å². The first-order chi connectivity index (χ1) is 15.8. The molecule has 174 valence electrons. The molecule has 0 bridgehead atoms. The Bertz CT molecular complexity index is 1230. The van der Waals surface area contributed by atoms with E-state index < -0.39 is 28.9 Å². The first-order valence-electron chi connectivity index (χ1n) is 10.0. The number of nitrogens with zero attached hydrogens (tertiary/aromatic N) is 2. The molecule has 10 nitrogen and oxygen atoms in total. The number of nitrogens with one attached hydrogen (secondary N) is 2. The molecule has 2 amide bonds. The first-order valence-corrected chi connectivity index (χ1v) is 10.0. The molecule has 0 radical (unpaired) electrons. The molecule has 0 atom stereocenters. The van der Waals surface area contributed by atoms with Crippen LogP contribution >= 0.6 is 0 Å². The van der Waals surface area contributed by atoms with E-state index in [1.807, 2.05) is 0 Å². The smallest absolute Gasteiger partial charge is 0.404 e. The maximum atomic E-state index is 13.2. The average Bonchev–Trinajstić information content (AvgIpc) is 2.77. The zero-order valence-electron chi connectivity index (χ0n) is 17.8. The number of carboxylic acid groups (broad SMARTS) is 1. The van der Waals surface area contributed by atoms with Crippen molar-refractivity contribution in [3.63, 3.8) is 0 Å². The van der Waals surface area contributed by atoms with E-state index >= 15 is 0 Å². The summed E-state index contributed by atoms with van der Waals surface area (Å²) in [6.07, 6.45) is 0.603. The molecule has 0 unspecified atom stereocenters. The van der Waals surface area contributed by atoms with Crippen molar-refractivity contribution in [1.82, 2.24) is 20.2 Å². The van der Waals surface area contributed by atoms with Gasteiger partial charge >= 0.3 is 6.09 Å². The van der Waals surface area contributed by atoms with Crippen LogP contribution in [0.1, 0.15) is 21.5 Å². The van der Waals surface area contributed by atoms with E-state index in [0.29, 0.717) is 12.0 Å². The number of pyridine rings is 2. The quantitative estimate of drug-likeness (QED) is 0.356. The number of hydrogen-bond acceptors (Lipinski definition) is 6. The molecule has 11 heteroatoms. The number of benzene rings is 1. The summed E-state index contributed by atoms with van der Waals surface area (Å²) in [7, 11) is 1.45. The summed E-state index contributed by atoms with van der Waals surface area (Å²) < 4.78 is 19.2. The summed E-state index contributed by atoms with van der Waals surface area (Å²) in [4.78, 5) is 40.8. The predicted octanol–water partition coefficient (Wildman–Crippen LogP) is 1.48. The van der Waals surface area contributed by atoms with Crippen molar-refractivity contribution in [1.29, 1.82) is 0 Å². The number of halogens is 1. The number of aromatic hydroxyl groups is 1.